The average molecular weight is 376 g/mol. The number of carbonyl (C=O) groups is 2. The van der Waals surface area contributed by atoms with Gasteiger partial charge in [-0.05, 0) is 55.2 Å². The maximum absolute atomic E-state index is 13.3. The summed E-state index contributed by atoms with van der Waals surface area (Å²) in [5, 5.41) is 2.97. The van der Waals surface area contributed by atoms with E-state index < -0.39 is 0 Å². The average Bonchev–Trinajstić information content (AvgIpc) is 2.75. The molecule has 0 spiro atoms. The first-order valence-corrected chi connectivity index (χ1v) is 9.65. The first-order chi connectivity index (χ1) is 13.7. The van der Waals surface area contributed by atoms with E-state index in [0.29, 0.717) is 18.7 Å². The van der Waals surface area contributed by atoms with E-state index in [2.05, 4.69) is 11.4 Å². The van der Waals surface area contributed by atoms with Crippen LogP contribution >= 0.6 is 0 Å². The zero-order valence-electron chi connectivity index (χ0n) is 15.9. The topological polar surface area (TPSA) is 58.6 Å². The molecule has 28 heavy (non-hydrogen) atoms. The van der Waals surface area contributed by atoms with Crippen LogP contribution in [0.4, 0.5) is 11.4 Å². The van der Waals surface area contributed by atoms with Crippen molar-refractivity contribution in [1.29, 1.82) is 0 Å². The Hall–Kier alpha value is -3.08. The van der Waals surface area contributed by atoms with Crippen LogP contribution in [0.25, 0.3) is 0 Å². The van der Waals surface area contributed by atoms with Gasteiger partial charge in [-0.15, -0.1) is 0 Å². The quantitative estimate of drug-likeness (QED) is 0.824. The number of carbonyl (C=O) groups excluding carboxylic acids is 2. The minimum Gasteiger partial charge on any atom is -0.497 e. The lowest BCUT2D eigenvalue weighted by atomic mass is 9.71. The highest BCUT2D eigenvalue weighted by atomic mass is 16.5. The molecular weight excluding hydrogens is 352 g/mol. The summed E-state index contributed by atoms with van der Waals surface area (Å²) >= 11 is 0. The van der Waals surface area contributed by atoms with E-state index in [1.807, 2.05) is 65.6 Å². The number of nitrogens with one attached hydrogen (secondary N) is 1. The molecule has 1 aliphatic heterocycles. The van der Waals surface area contributed by atoms with Crippen LogP contribution in [0.3, 0.4) is 0 Å². The lowest BCUT2D eigenvalue weighted by molar-refractivity contribution is -0.133. The van der Waals surface area contributed by atoms with Crippen LogP contribution in [-0.4, -0.2) is 25.5 Å². The van der Waals surface area contributed by atoms with Crippen LogP contribution < -0.4 is 15.0 Å². The number of anilines is 2. The first kappa shape index (κ1) is 18.3. The second-order valence-electron chi connectivity index (χ2n) is 7.29. The van der Waals surface area contributed by atoms with E-state index in [1.54, 1.807) is 7.11 Å². The molecule has 3 atom stereocenters. The van der Waals surface area contributed by atoms with Crippen molar-refractivity contribution in [2.75, 3.05) is 23.9 Å². The van der Waals surface area contributed by atoms with Crippen molar-refractivity contribution < 1.29 is 14.3 Å². The van der Waals surface area contributed by atoms with Crippen molar-refractivity contribution in [3.8, 4) is 5.75 Å². The summed E-state index contributed by atoms with van der Waals surface area (Å²) in [6.07, 6.45) is 5.61. The molecule has 2 aromatic carbocycles. The van der Waals surface area contributed by atoms with Crippen LogP contribution in [-0.2, 0) is 9.59 Å². The number of para-hydroxylation sites is 1. The van der Waals surface area contributed by atoms with Crippen molar-refractivity contribution >= 4 is 23.2 Å². The van der Waals surface area contributed by atoms with Gasteiger partial charge in [0.05, 0.1) is 18.9 Å². The number of amides is 2. The molecule has 1 fully saturated rings. The fraction of sp³-hybridized carbons (Fsp3) is 0.304. The number of hydrogen-bond acceptors (Lipinski definition) is 3. The van der Waals surface area contributed by atoms with Gasteiger partial charge in [0.1, 0.15) is 5.75 Å². The molecule has 0 saturated carbocycles. The number of methoxy groups -OCH3 is 1. The Bertz CT molecular complexity index is 876. The maximum atomic E-state index is 13.3. The van der Waals surface area contributed by atoms with Gasteiger partial charge in [0.25, 0.3) is 0 Å². The number of ether oxygens (including phenoxy) is 1. The van der Waals surface area contributed by atoms with Crippen LogP contribution in [0.15, 0.2) is 66.7 Å². The van der Waals surface area contributed by atoms with Gasteiger partial charge < -0.3 is 15.0 Å². The normalized spacial score (nSPS) is 23.8. The van der Waals surface area contributed by atoms with Crippen LogP contribution in [0, 0.1) is 17.8 Å². The third kappa shape index (κ3) is 3.52. The Balaban J connectivity index is 1.54. The number of rotatable bonds is 4. The molecule has 1 N–H and O–H groups in total. The third-order valence-electron chi connectivity index (χ3n) is 5.67. The van der Waals surface area contributed by atoms with Crippen molar-refractivity contribution in [2.45, 2.75) is 12.8 Å². The smallest absolute Gasteiger partial charge is 0.231 e. The first-order valence-electron chi connectivity index (χ1n) is 9.65. The maximum Gasteiger partial charge on any atom is 0.231 e. The molecule has 2 amide bonds. The molecule has 144 valence electrons. The molecular formula is C23H24N2O3. The second kappa shape index (κ2) is 7.89. The van der Waals surface area contributed by atoms with Gasteiger partial charge in [0.2, 0.25) is 11.8 Å². The van der Waals surface area contributed by atoms with E-state index in [4.69, 9.17) is 4.74 Å². The van der Waals surface area contributed by atoms with E-state index in [1.165, 1.54) is 0 Å². The van der Waals surface area contributed by atoms with Crippen molar-refractivity contribution in [1.82, 2.24) is 0 Å². The third-order valence-corrected chi connectivity index (χ3v) is 5.67. The van der Waals surface area contributed by atoms with E-state index in [0.717, 1.165) is 17.9 Å². The van der Waals surface area contributed by atoms with Crippen molar-refractivity contribution in [3.05, 3.63) is 66.7 Å². The predicted octanol–water partition coefficient (Wildman–Crippen LogP) is 3.88. The summed E-state index contributed by atoms with van der Waals surface area (Å²) in [7, 11) is 1.61. The second-order valence-corrected chi connectivity index (χ2v) is 7.29. The fourth-order valence-electron chi connectivity index (χ4n) is 4.21. The molecule has 2 aliphatic rings. The van der Waals surface area contributed by atoms with Crippen LogP contribution in [0.5, 0.6) is 5.75 Å². The molecule has 0 unspecified atom stereocenters. The molecule has 1 aliphatic carbocycles. The van der Waals surface area contributed by atoms with Gasteiger partial charge in [-0.1, -0.05) is 30.4 Å². The molecule has 5 nitrogen and oxygen atoms in total. The summed E-state index contributed by atoms with van der Waals surface area (Å²) in [6, 6.07) is 16.9. The lowest BCUT2D eigenvalue weighted by Crippen LogP contribution is -2.51. The van der Waals surface area contributed by atoms with Gasteiger partial charge in [-0.25, -0.2) is 0 Å². The van der Waals surface area contributed by atoms with Gasteiger partial charge >= 0.3 is 0 Å². The summed E-state index contributed by atoms with van der Waals surface area (Å²) in [6.45, 7) is 0.682. The Labute approximate surface area is 165 Å². The Morgan fingerprint density at radius 2 is 1.86 bits per heavy atom. The number of nitrogens with zero attached hydrogens (tertiary/aromatic N) is 1. The number of piperidine rings is 1. The van der Waals surface area contributed by atoms with E-state index in [9.17, 15) is 9.59 Å². The Kier molecular flexibility index (Phi) is 5.15. The molecule has 1 heterocycles. The minimum absolute atomic E-state index is 0.0432. The molecule has 1 saturated heterocycles. The SMILES string of the molecule is COc1ccc(NC(=O)[C@H]2CC=C[C@H]3CCN(c4ccccc4)C(=O)[C@@H]23)cc1. The number of benzene rings is 2. The summed E-state index contributed by atoms with van der Waals surface area (Å²) < 4.78 is 5.16. The Morgan fingerprint density at radius 3 is 2.57 bits per heavy atom. The zero-order chi connectivity index (χ0) is 19.5. The summed E-state index contributed by atoms with van der Waals surface area (Å²) in [5.41, 5.74) is 1.61. The predicted molar refractivity (Wildman–Crippen MR) is 109 cm³/mol. The van der Waals surface area contributed by atoms with E-state index >= 15 is 0 Å². The minimum atomic E-state index is -0.365. The van der Waals surface area contributed by atoms with Gasteiger partial charge in [0, 0.05) is 17.9 Å². The monoisotopic (exact) mass is 376 g/mol. The standard InChI is InChI=1S/C23H24N2O3/c1-28-19-12-10-17(11-13-19)24-22(26)20-9-5-6-16-14-15-25(23(27)21(16)20)18-7-3-2-4-8-18/h2-8,10-13,16,20-21H,9,14-15H2,1H3,(H,24,26)/t16-,20-,21+/m0/s1. The molecule has 0 bridgehead atoms. The highest BCUT2D eigenvalue weighted by Gasteiger charge is 2.44. The molecule has 2 aromatic rings. The number of fused-ring (bicyclic) bond motifs is 1. The van der Waals surface area contributed by atoms with Gasteiger partial charge in [-0.3, -0.25) is 9.59 Å². The largest absolute Gasteiger partial charge is 0.497 e. The van der Waals surface area contributed by atoms with E-state index in [-0.39, 0.29) is 29.6 Å². The molecule has 0 radical (unpaired) electrons. The van der Waals surface area contributed by atoms with Crippen molar-refractivity contribution in [2.24, 2.45) is 17.8 Å². The van der Waals surface area contributed by atoms with Gasteiger partial charge in [0.15, 0.2) is 0 Å². The zero-order valence-corrected chi connectivity index (χ0v) is 15.9. The number of hydrogen-bond donors (Lipinski definition) is 1. The molecule has 5 heteroatoms. The summed E-state index contributed by atoms with van der Waals surface area (Å²) in [5.74, 6) is 0.107. The summed E-state index contributed by atoms with van der Waals surface area (Å²) in [4.78, 5) is 28.2. The van der Waals surface area contributed by atoms with Gasteiger partial charge in [-0.2, -0.15) is 0 Å². The molecule has 4 rings (SSSR count). The number of allylic oxidation sites excluding steroid dienone is 2. The lowest BCUT2D eigenvalue weighted by Gasteiger charge is -2.41. The van der Waals surface area contributed by atoms with Crippen molar-refractivity contribution in [3.63, 3.8) is 0 Å². The highest BCUT2D eigenvalue weighted by molar-refractivity contribution is 6.02. The Morgan fingerprint density at radius 1 is 1.11 bits per heavy atom. The van der Waals surface area contributed by atoms with Crippen LogP contribution in [0.1, 0.15) is 12.8 Å². The fourth-order valence-corrected chi connectivity index (χ4v) is 4.21. The van der Waals surface area contributed by atoms with Crippen LogP contribution in [0.2, 0.25) is 0 Å². The molecule has 0 aromatic heterocycles. The highest BCUT2D eigenvalue weighted by Crippen LogP contribution is 2.39.